The molecule has 11 nitrogen and oxygen atoms in total. The average Bonchev–Trinajstić information content (AvgIpc) is 2.06. The van der Waals surface area contributed by atoms with Crippen molar-refractivity contribution in [3.8, 4) is 0 Å². The zero-order chi connectivity index (χ0) is 16.2. The summed E-state index contributed by atoms with van der Waals surface area (Å²) in [6, 6.07) is 0. The molecule has 0 saturated heterocycles. The van der Waals surface area contributed by atoms with E-state index in [0.717, 1.165) is 4.90 Å². The van der Waals surface area contributed by atoms with Gasteiger partial charge in [-0.2, -0.15) is 0 Å². The highest BCUT2D eigenvalue weighted by molar-refractivity contribution is 7.52. The van der Waals surface area contributed by atoms with Crippen LogP contribution in [0.5, 0.6) is 0 Å². The van der Waals surface area contributed by atoms with E-state index in [9.17, 15) is 13.7 Å². The summed E-state index contributed by atoms with van der Waals surface area (Å²) in [4.78, 5) is 54.8. The maximum absolute atomic E-state index is 10.9. The van der Waals surface area contributed by atoms with Crippen molar-refractivity contribution in [1.29, 1.82) is 0 Å². The van der Waals surface area contributed by atoms with Crippen molar-refractivity contribution in [1.82, 2.24) is 9.80 Å². The van der Waals surface area contributed by atoms with Gasteiger partial charge in [-0.25, -0.2) is 0 Å². The molecule has 0 radical (unpaired) electrons. The largest absolute Gasteiger partial charge is 0.339 e. The molecule has 0 heterocycles. The van der Waals surface area contributed by atoms with Crippen molar-refractivity contribution in [2.75, 3.05) is 39.0 Å². The Balaban J connectivity index is 4.54. The van der Waals surface area contributed by atoms with Crippen molar-refractivity contribution < 1.29 is 43.1 Å². The zero-order valence-corrected chi connectivity index (χ0v) is 13.4. The van der Waals surface area contributed by atoms with Crippen LogP contribution >= 0.6 is 22.8 Å². The summed E-state index contributed by atoms with van der Waals surface area (Å²) in [5.74, 6) is 0. The van der Waals surface area contributed by atoms with Gasteiger partial charge in [0.05, 0.1) is 0 Å². The third kappa shape index (κ3) is 13.4. The fourth-order valence-corrected chi connectivity index (χ4v) is 3.86. The highest BCUT2D eigenvalue weighted by Gasteiger charge is 2.26. The van der Waals surface area contributed by atoms with Crippen molar-refractivity contribution in [3.63, 3.8) is 0 Å². The summed E-state index contributed by atoms with van der Waals surface area (Å²) >= 11 is 0. The molecule has 0 aromatic heterocycles. The van der Waals surface area contributed by atoms with Gasteiger partial charge in [0.15, 0.2) is 0 Å². The first-order valence-corrected chi connectivity index (χ1v) is 10.6. The first-order chi connectivity index (χ1) is 8.68. The van der Waals surface area contributed by atoms with E-state index in [0.29, 0.717) is 0 Å². The van der Waals surface area contributed by atoms with Gasteiger partial charge in [-0.15, -0.1) is 0 Å². The van der Waals surface area contributed by atoms with Crippen molar-refractivity contribution in [2.45, 2.75) is 0 Å². The van der Waals surface area contributed by atoms with Crippen LogP contribution in [0.1, 0.15) is 0 Å². The topological polar surface area (TPSA) is 179 Å². The van der Waals surface area contributed by atoms with Crippen LogP contribution in [0.2, 0.25) is 0 Å². The van der Waals surface area contributed by atoms with Crippen molar-refractivity contribution in [3.05, 3.63) is 0 Å². The Labute approximate surface area is 115 Å². The Bertz CT molecular complexity index is 415. The van der Waals surface area contributed by atoms with Crippen molar-refractivity contribution in [2.24, 2.45) is 0 Å². The number of nitrogens with zero attached hydrogens (tertiary/aromatic N) is 2. The highest BCUT2D eigenvalue weighted by Crippen LogP contribution is 2.40. The van der Waals surface area contributed by atoms with Gasteiger partial charge in [0.2, 0.25) is 0 Å². The fourth-order valence-electron chi connectivity index (χ4n) is 1.40. The van der Waals surface area contributed by atoms with Crippen LogP contribution in [0.15, 0.2) is 0 Å². The van der Waals surface area contributed by atoms with Crippen LogP contribution in [-0.4, -0.2) is 78.2 Å². The second-order valence-corrected chi connectivity index (χ2v) is 9.23. The van der Waals surface area contributed by atoms with Crippen LogP contribution in [-0.2, 0) is 13.7 Å². The van der Waals surface area contributed by atoms with E-state index in [1.165, 1.54) is 11.9 Å². The van der Waals surface area contributed by atoms with Gasteiger partial charge in [0.1, 0.15) is 18.9 Å². The summed E-state index contributed by atoms with van der Waals surface area (Å²) in [6.07, 6.45) is -2.25. The lowest BCUT2D eigenvalue weighted by Gasteiger charge is -2.25. The Morgan fingerprint density at radius 1 is 0.700 bits per heavy atom. The minimum atomic E-state index is -4.50. The molecule has 0 aliphatic heterocycles. The lowest BCUT2D eigenvalue weighted by molar-refractivity contribution is 0.241. The molecule has 0 atom stereocenters. The van der Waals surface area contributed by atoms with Crippen LogP contribution < -0.4 is 0 Å². The third-order valence-electron chi connectivity index (χ3n) is 1.99. The SMILES string of the molecule is CN(CCN(CP(=O)(O)O)CP(=O)(O)O)CP(=O)(O)O. The minimum Gasteiger partial charge on any atom is -0.324 e. The first-order valence-electron chi connectivity index (χ1n) is 5.22. The number of likely N-dealkylation sites (N-methyl/N-ethyl adjacent to an activating group) is 1. The van der Waals surface area contributed by atoms with Gasteiger partial charge in [0, 0.05) is 13.1 Å². The quantitative estimate of drug-likeness (QED) is 0.268. The summed E-state index contributed by atoms with van der Waals surface area (Å²) in [6.45, 7) is -0.183. The molecule has 0 bridgehead atoms. The number of rotatable bonds is 9. The molecule has 0 spiro atoms. The van der Waals surface area contributed by atoms with E-state index in [-0.39, 0.29) is 13.1 Å². The molecule has 0 saturated carbocycles. The molecule has 0 aliphatic rings. The Morgan fingerprint density at radius 2 is 1.05 bits per heavy atom. The van der Waals surface area contributed by atoms with Crippen LogP contribution in [0.4, 0.5) is 0 Å². The molecular formula is C6H19N2O9P3. The van der Waals surface area contributed by atoms with Gasteiger partial charge in [-0.1, -0.05) is 0 Å². The lowest BCUT2D eigenvalue weighted by Crippen LogP contribution is -2.35. The van der Waals surface area contributed by atoms with Gasteiger partial charge < -0.3 is 29.4 Å². The van der Waals surface area contributed by atoms with E-state index in [4.69, 9.17) is 29.4 Å². The monoisotopic (exact) mass is 356 g/mol. The molecule has 0 aromatic rings. The van der Waals surface area contributed by atoms with Gasteiger partial charge in [-0.05, 0) is 7.05 Å². The predicted molar refractivity (Wildman–Crippen MR) is 70.1 cm³/mol. The zero-order valence-electron chi connectivity index (χ0n) is 10.7. The Kier molecular flexibility index (Phi) is 7.72. The molecule has 122 valence electrons. The standard InChI is InChI=1S/C6H19N2O9P3/c1-7(4-18(9,10)11)2-3-8(5-19(12,13)14)6-20(15,16)17/h2-6H2,1H3,(H2,9,10,11)(H2,12,13,14)(H2,15,16,17). The molecule has 14 heteroatoms. The molecule has 0 fully saturated rings. The van der Waals surface area contributed by atoms with Crippen molar-refractivity contribution >= 4 is 22.8 Å². The third-order valence-corrected chi connectivity index (χ3v) is 4.38. The molecule has 0 unspecified atom stereocenters. The summed E-state index contributed by atoms with van der Waals surface area (Å²) < 4.78 is 32.5. The van der Waals surface area contributed by atoms with Gasteiger partial charge in [0.25, 0.3) is 0 Å². The predicted octanol–water partition coefficient (Wildman–Crippen LogP) is -1.37. The summed E-state index contributed by atoms with van der Waals surface area (Å²) in [5, 5.41) is 0. The maximum atomic E-state index is 10.9. The fraction of sp³-hybridized carbons (Fsp3) is 1.00. The molecule has 6 N–H and O–H groups in total. The van der Waals surface area contributed by atoms with E-state index >= 15 is 0 Å². The Hall–Kier alpha value is 0.370. The van der Waals surface area contributed by atoms with Gasteiger partial charge in [-0.3, -0.25) is 23.5 Å². The minimum absolute atomic E-state index is 0.0227. The number of hydrogen-bond acceptors (Lipinski definition) is 5. The summed E-state index contributed by atoms with van der Waals surface area (Å²) in [5.41, 5.74) is 0. The van der Waals surface area contributed by atoms with E-state index in [2.05, 4.69) is 0 Å². The molecular weight excluding hydrogens is 337 g/mol. The number of hydrogen-bond donors (Lipinski definition) is 6. The molecule has 0 rings (SSSR count). The van der Waals surface area contributed by atoms with Crippen LogP contribution in [0.3, 0.4) is 0 Å². The smallest absolute Gasteiger partial charge is 0.324 e. The molecule has 0 aromatic carbocycles. The maximum Gasteiger partial charge on any atom is 0.339 e. The Morgan fingerprint density at radius 3 is 1.35 bits per heavy atom. The van der Waals surface area contributed by atoms with E-state index in [1.54, 1.807) is 0 Å². The van der Waals surface area contributed by atoms with Crippen LogP contribution in [0.25, 0.3) is 0 Å². The second-order valence-electron chi connectivity index (χ2n) is 4.39. The molecule has 0 amide bonds. The normalized spacial score (nSPS) is 14.2. The summed E-state index contributed by atoms with van der Waals surface area (Å²) in [7, 11) is -11.9. The molecule has 0 aliphatic carbocycles. The van der Waals surface area contributed by atoms with E-state index in [1.807, 2.05) is 0 Å². The van der Waals surface area contributed by atoms with E-state index < -0.39 is 41.6 Å². The lowest BCUT2D eigenvalue weighted by atomic mass is 10.5. The second kappa shape index (κ2) is 7.58. The first kappa shape index (κ1) is 20.4. The van der Waals surface area contributed by atoms with Gasteiger partial charge >= 0.3 is 22.8 Å². The van der Waals surface area contributed by atoms with Crippen LogP contribution in [0, 0.1) is 0 Å². The highest BCUT2D eigenvalue weighted by atomic mass is 31.2. The average molecular weight is 356 g/mol. The molecule has 20 heavy (non-hydrogen) atoms.